The molecular weight excluding hydrogens is 311 g/mol. The van der Waals surface area contributed by atoms with Crippen LogP contribution in [0.1, 0.15) is 12.0 Å². The molecule has 0 aromatic heterocycles. The summed E-state index contributed by atoms with van der Waals surface area (Å²) in [6.07, 6.45) is 3.92. The molecule has 0 aliphatic carbocycles. The van der Waals surface area contributed by atoms with Gasteiger partial charge in [0.05, 0.1) is 0 Å². The first-order valence-electron chi connectivity index (χ1n) is 6.29. The molecule has 1 aliphatic rings. The van der Waals surface area contributed by atoms with Crippen LogP contribution in [-0.4, -0.2) is 37.0 Å². The SMILES string of the molecule is O=C(/C=C/c1cc(Br)ccc1F)N1CCCNCC1. The first kappa shape index (κ1) is 14.2. The molecule has 19 heavy (non-hydrogen) atoms. The van der Waals surface area contributed by atoms with E-state index in [1.165, 1.54) is 18.2 Å². The summed E-state index contributed by atoms with van der Waals surface area (Å²) in [6.45, 7) is 3.19. The summed E-state index contributed by atoms with van der Waals surface area (Å²) < 4.78 is 14.3. The second-order valence-electron chi connectivity index (χ2n) is 4.43. The Hall–Kier alpha value is -1.20. The van der Waals surface area contributed by atoms with Gasteiger partial charge >= 0.3 is 0 Å². The smallest absolute Gasteiger partial charge is 0.246 e. The largest absolute Gasteiger partial charge is 0.338 e. The fourth-order valence-corrected chi connectivity index (χ4v) is 2.35. The summed E-state index contributed by atoms with van der Waals surface area (Å²) in [4.78, 5) is 13.8. The van der Waals surface area contributed by atoms with Gasteiger partial charge in [0.2, 0.25) is 5.91 Å². The third-order valence-corrected chi connectivity index (χ3v) is 3.51. The monoisotopic (exact) mass is 326 g/mol. The molecule has 1 aliphatic heterocycles. The highest BCUT2D eigenvalue weighted by molar-refractivity contribution is 9.10. The predicted octanol–water partition coefficient (Wildman–Crippen LogP) is 2.42. The summed E-state index contributed by atoms with van der Waals surface area (Å²) in [7, 11) is 0. The number of nitrogens with zero attached hydrogens (tertiary/aromatic N) is 1. The van der Waals surface area contributed by atoms with Gasteiger partial charge < -0.3 is 10.2 Å². The molecule has 0 radical (unpaired) electrons. The molecule has 1 amide bonds. The number of carbonyl (C=O) groups excluding carboxylic acids is 1. The second kappa shape index (κ2) is 6.82. The van der Waals surface area contributed by atoms with Crippen molar-refractivity contribution in [1.82, 2.24) is 10.2 Å². The van der Waals surface area contributed by atoms with Crippen molar-refractivity contribution in [2.45, 2.75) is 6.42 Å². The van der Waals surface area contributed by atoms with Crippen LogP contribution in [0, 0.1) is 5.82 Å². The molecule has 1 heterocycles. The Labute approximate surface area is 120 Å². The second-order valence-corrected chi connectivity index (χ2v) is 5.34. The maximum atomic E-state index is 13.5. The van der Waals surface area contributed by atoms with E-state index in [0.29, 0.717) is 12.1 Å². The molecule has 0 bridgehead atoms. The zero-order valence-corrected chi connectivity index (χ0v) is 12.1. The molecule has 1 fully saturated rings. The van der Waals surface area contributed by atoms with E-state index in [1.807, 2.05) is 0 Å². The van der Waals surface area contributed by atoms with Crippen LogP contribution in [0.15, 0.2) is 28.7 Å². The van der Waals surface area contributed by atoms with Crippen molar-refractivity contribution in [3.05, 3.63) is 40.1 Å². The standard InChI is InChI=1S/C14H16BrFN2O/c15-12-3-4-13(16)11(10-12)2-5-14(19)18-8-1-6-17-7-9-18/h2-5,10,17H,1,6-9H2/b5-2+. The van der Waals surface area contributed by atoms with E-state index >= 15 is 0 Å². The van der Waals surface area contributed by atoms with Gasteiger partial charge in [-0.25, -0.2) is 4.39 Å². The predicted molar refractivity (Wildman–Crippen MR) is 77.2 cm³/mol. The van der Waals surface area contributed by atoms with Gasteiger partial charge in [-0.05, 0) is 37.2 Å². The molecule has 2 rings (SSSR count). The highest BCUT2D eigenvalue weighted by Crippen LogP contribution is 2.16. The molecule has 0 saturated carbocycles. The number of carbonyl (C=O) groups is 1. The van der Waals surface area contributed by atoms with E-state index in [0.717, 1.165) is 30.5 Å². The molecule has 0 unspecified atom stereocenters. The van der Waals surface area contributed by atoms with Gasteiger partial charge in [-0.2, -0.15) is 0 Å². The summed E-state index contributed by atoms with van der Waals surface area (Å²) in [5, 5.41) is 3.24. The Balaban J connectivity index is 2.04. The van der Waals surface area contributed by atoms with E-state index in [2.05, 4.69) is 21.2 Å². The van der Waals surface area contributed by atoms with E-state index in [9.17, 15) is 9.18 Å². The fourth-order valence-electron chi connectivity index (χ4n) is 1.97. The van der Waals surface area contributed by atoms with Crippen molar-refractivity contribution in [3.63, 3.8) is 0 Å². The molecule has 1 saturated heterocycles. The van der Waals surface area contributed by atoms with E-state index in [1.54, 1.807) is 17.0 Å². The lowest BCUT2D eigenvalue weighted by molar-refractivity contribution is -0.125. The van der Waals surface area contributed by atoms with Gasteiger partial charge in [0, 0.05) is 35.7 Å². The van der Waals surface area contributed by atoms with E-state index in [4.69, 9.17) is 0 Å². The van der Waals surface area contributed by atoms with Crippen LogP contribution in [0.5, 0.6) is 0 Å². The number of halogens is 2. The normalized spacial score (nSPS) is 16.6. The van der Waals surface area contributed by atoms with Crippen LogP contribution in [-0.2, 0) is 4.79 Å². The maximum Gasteiger partial charge on any atom is 0.246 e. The van der Waals surface area contributed by atoms with Crippen molar-refractivity contribution in [2.24, 2.45) is 0 Å². The third-order valence-electron chi connectivity index (χ3n) is 3.02. The van der Waals surface area contributed by atoms with Crippen LogP contribution in [0.2, 0.25) is 0 Å². The number of nitrogens with one attached hydrogen (secondary N) is 1. The van der Waals surface area contributed by atoms with Gasteiger partial charge in [-0.15, -0.1) is 0 Å². The van der Waals surface area contributed by atoms with Crippen molar-refractivity contribution in [1.29, 1.82) is 0 Å². The molecule has 0 atom stereocenters. The Kier molecular flexibility index (Phi) is 5.10. The van der Waals surface area contributed by atoms with Crippen LogP contribution >= 0.6 is 15.9 Å². The summed E-state index contributed by atoms with van der Waals surface area (Å²) >= 11 is 3.29. The lowest BCUT2D eigenvalue weighted by atomic mass is 10.2. The van der Waals surface area contributed by atoms with Crippen molar-refractivity contribution in [2.75, 3.05) is 26.2 Å². The maximum absolute atomic E-state index is 13.5. The molecule has 1 aromatic rings. The number of rotatable bonds is 2. The number of benzene rings is 1. The topological polar surface area (TPSA) is 32.3 Å². The van der Waals surface area contributed by atoms with Crippen LogP contribution in [0.25, 0.3) is 6.08 Å². The molecule has 1 aromatic carbocycles. The highest BCUT2D eigenvalue weighted by atomic mass is 79.9. The number of hydrogen-bond acceptors (Lipinski definition) is 2. The molecule has 5 heteroatoms. The summed E-state index contributed by atoms with van der Waals surface area (Å²) in [6, 6.07) is 4.67. The van der Waals surface area contributed by atoms with Gasteiger partial charge in [0.15, 0.2) is 0 Å². The molecule has 102 valence electrons. The first-order valence-corrected chi connectivity index (χ1v) is 7.09. The van der Waals surface area contributed by atoms with Gasteiger partial charge in [-0.1, -0.05) is 15.9 Å². The molecular formula is C14H16BrFN2O. The molecule has 3 nitrogen and oxygen atoms in total. The number of amides is 1. The van der Waals surface area contributed by atoms with Crippen molar-refractivity contribution >= 4 is 27.9 Å². The average Bonchev–Trinajstić information content (AvgIpc) is 2.68. The van der Waals surface area contributed by atoms with Crippen LogP contribution in [0.4, 0.5) is 4.39 Å². The van der Waals surface area contributed by atoms with Crippen molar-refractivity contribution in [3.8, 4) is 0 Å². The summed E-state index contributed by atoms with van der Waals surface area (Å²) in [5.41, 5.74) is 0.413. The Bertz CT molecular complexity index is 482. The minimum absolute atomic E-state index is 0.0666. The lowest BCUT2D eigenvalue weighted by Gasteiger charge is -2.17. The van der Waals surface area contributed by atoms with Crippen LogP contribution in [0.3, 0.4) is 0 Å². The van der Waals surface area contributed by atoms with Gasteiger partial charge in [0.25, 0.3) is 0 Å². The average molecular weight is 327 g/mol. The zero-order valence-electron chi connectivity index (χ0n) is 10.5. The fraction of sp³-hybridized carbons (Fsp3) is 0.357. The summed E-state index contributed by atoms with van der Waals surface area (Å²) in [5.74, 6) is -0.396. The van der Waals surface area contributed by atoms with E-state index in [-0.39, 0.29) is 11.7 Å². The van der Waals surface area contributed by atoms with Gasteiger partial charge in [-0.3, -0.25) is 4.79 Å². The zero-order chi connectivity index (χ0) is 13.7. The minimum Gasteiger partial charge on any atom is -0.338 e. The third kappa shape index (κ3) is 4.14. The number of hydrogen-bond donors (Lipinski definition) is 1. The lowest BCUT2D eigenvalue weighted by Crippen LogP contribution is -2.32. The van der Waals surface area contributed by atoms with Gasteiger partial charge in [0.1, 0.15) is 5.82 Å². The Morgan fingerprint density at radius 2 is 2.21 bits per heavy atom. The Morgan fingerprint density at radius 3 is 3.05 bits per heavy atom. The first-order chi connectivity index (χ1) is 9.16. The highest BCUT2D eigenvalue weighted by Gasteiger charge is 2.12. The van der Waals surface area contributed by atoms with Crippen LogP contribution < -0.4 is 5.32 Å². The van der Waals surface area contributed by atoms with E-state index < -0.39 is 0 Å². The minimum atomic E-state index is -0.329. The quantitative estimate of drug-likeness (QED) is 0.846. The Morgan fingerprint density at radius 1 is 1.37 bits per heavy atom. The van der Waals surface area contributed by atoms with Crippen molar-refractivity contribution < 1.29 is 9.18 Å². The molecule has 1 N–H and O–H groups in total. The molecule has 0 spiro atoms.